The van der Waals surface area contributed by atoms with Gasteiger partial charge >= 0.3 is 5.97 Å². The fourth-order valence-electron chi connectivity index (χ4n) is 1.48. The Morgan fingerprint density at radius 3 is 2.94 bits per heavy atom. The lowest BCUT2D eigenvalue weighted by molar-refractivity contribution is -0.137. The molecule has 0 aliphatic rings. The highest BCUT2D eigenvalue weighted by atomic mass is 16.4. The molecule has 0 spiro atoms. The first kappa shape index (κ1) is 11.1. The fourth-order valence-corrected chi connectivity index (χ4v) is 1.48. The maximum Gasteiger partial charge on any atom is 0.323 e. The quantitative estimate of drug-likeness (QED) is 0.770. The summed E-state index contributed by atoms with van der Waals surface area (Å²) in [5, 5.41) is 12.1. The number of hydrogen-bond acceptors (Lipinski definition) is 5. The third-order valence-corrected chi connectivity index (χ3v) is 2.24. The van der Waals surface area contributed by atoms with Crippen LogP contribution in [-0.4, -0.2) is 32.7 Å². The molecule has 7 nitrogen and oxygen atoms in total. The van der Waals surface area contributed by atoms with E-state index in [9.17, 15) is 9.59 Å². The van der Waals surface area contributed by atoms with Crippen LogP contribution in [0.25, 0.3) is 11.0 Å². The van der Waals surface area contributed by atoms with E-state index in [0.29, 0.717) is 17.0 Å². The second-order valence-corrected chi connectivity index (χ2v) is 3.37. The van der Waals surface area contributed by atoms with Crippen molar-refractivity contribution in [3.63, 3.8) is 0 Å². The van der Waals surface area contributed by atoms with Gasteiger partial charge in [0.2, 0.25) is 5.95 Å². The molecule has 0 aromatic carbocycles. The summed E-state index contributed by atoms with van der Waals surface area (Å²) in [5.41, 5.74) is -0.0973. The number of anilines is 1. The molecule has 2 N–H and O–H groups in total. The summed E-state index contributed by atoms with van der Waals surface area (Å²) in [7, 11) is 1.64. The van der Waals surface area contributed by atoms with Gasteiger partial charge in [-0.15, -0.1) is 0 Å². The Morgan fingerprint density at radius 2 is 2.29 bits per heavy atom. The Balaban J connectivity index is 2.73. The molecule has 0 unspecified atom stereocenters. The molecule has 0 saturated heterocycles. The van der Waals surface area contributed by atoms with Crippen LogP contribution in [-0.2, 0) is 11.3 Å². The van der Waals surface area contributed by atoms with E-state index < -0.39 is 18.1 Å². The molecule has 7 heteroatoms. The SMILES string of the molecule is CNc1ncc2ccc(=O)n(CC(=O)O)c2n1. The lowest BCUT2D eigenvalue weighted by Gasteiger charge is -2.07. The summed E-state index contributed by atoms with van der Waals surface area (Å²) in [6.45, 7) is -0.420. The molecule has 2 rings (SSSR count). The average Bonchev–Trinajstić information content (AvgIpc) is 2.32. The van der Waals surface area contributed by atoms with Crippen LogP contribution in [0.5, 0.6) is 0 Å². The van der Waals surface area contributed by atoms with Crippen molar-refractivity contribution >= 4 is 23.0 Å². The third-order valence-electron chi connectivity index (χ3n) is 2.24. The second-order valence-electron chi connectivity index (χ2n) is 3.37. The first-order chi connectivity index (χ1) is 8.11. The number of aliphatic carboxylic acids is 1. The average molecular weight is 234 g/mol. The van der Waals surface area contributed by atoms with Crippen LogP contribution in [0, 0.1) is 0 Å². The van der Waals surface area contributed by atoms with Crippen molar-refractivity contribution in [2.75, 3.05) is 12.4 Å². The van der Waals surface area contributed by atoms with E-state index in [-0.39, 0.29) is 0 Å². The van der Waals surface area contributed by atoms with E-state index in [1.54, 1.807) is 13.1 Å². The molecule has 0 atom stereocenters. The lowest BCUT2D eigenvalue weighted by atomic mass is 10.3. The molecule has 0 amide bonds. The normalized spacial score (nSPS) is 10.4. The van der Waals surface area contributed by atoms with E-state index >= 15 is 0 Å². The molecular weight excluding hydrogens is 224 g/mol. The van der Waals surface area contributed by atoms with Crippen LogP contribution in [0.3, 0.4) is 0 Å². The number of rotatable bonds is 3. The highest BCUT2D eigenvalue weighted by Crippen LogP contribution is 2.10. The van der Waals surface area contributed by atoms with Crippen LogP contribution in [0.15, 0.2) is 23.1 Å². The minimum Gasteiger partial charge on any atom is -0.480 e. The maximum atomic E-state index is 11.6. The van der Waals surface area contributed by atoms with Gasteiger partial charge in [0.15, 0.2) is 0 Å². The standard InChI is InChI=1S/C10H10N4O3/c1-11-10-12-4-6-2-3-7(15)14(5-8(16)17)9(6)13-10/h2-4H,5H2,1H3,(H,16,17)(H,11,12,13). The number of carboxylic acid groups (broad SMARTS) is 1. The monoisotopic (exact) mass is 234 g/mol. The van der Waals surface area contributed by atoms with Gasteiger partial charge < -0.3 is 10.4 Å². The number of nitrogens with one attached hydrogen (secondary N) is 1. The fraction of sp³-hybridized carbons (Fsp3) is 0.200. The van der Waals surface area contributed by atoms with E-state index in [2.05, 4.69) is 15.3 Å². The van der Waals surface area contributed by atoms with Crippen LogP contribution in [0.1, 0.15) is 0 Å². The van der Waals surface area contributed by atoms with Crippen molar-refractivity contribution in [3.05, 3.63) is 28.7 Å². The van der Waals surface area contributed by atoms with Crippen molar-refractivity contribution in [2.45, 2.75) is 6.54 Å². The molecule has 2 aromatic heterocycles. The molecule has 0 aliphatic heterocycles. The first-order valence-electron chi connectivity index (χ1n) is 4.88. The number of carboxylic acids is 1. The number of pyridine rings is 1. The molecule has 17 heavy (non-hydrogen) atoms. The number of nitrogens with zero attached hydrogens (tertiary/aromatic N) is 3. The number of aromatic nitrogens is 3. The molecule has 0 saturated carbocycles. The largest absolute Gasteiger partial charge is 0.480 e. The predicted molar refractivity (Wildman–Crippen MR) is 61.0 cm³/mol. The summed E-state index contributed by atoms with van der Waals surface area (Å²) >= 11 is 0. The first-order valence-corrected chi connectivity index (χ1v) is 4.88. The minimum absolute atomic E-state index is 0.305. The Hall–Kier alpha value is -2.44. The van der Waals surface area contributed by atoms with E-state index in [0.717, 1.165) is 4.57 Å². The van der Waals surface area contributed by atoms with Crippen LogP contribution < -0.4 is 10.9 Å². The van der Waals surface area contributed by atoms with Gasteiger partial charge in [-0.1, -0.05) is 0 Å². The smallest absolute Gasteiger partial charge is 0.323 e. The Morgan fingerprint density at radius 1 is 1.53 bits per heavy atom. The summed E-state index contributed by atoms with van der Waals surface area (Å²) < 4.78 is 1.10. The molecular formula is C10H10N4O3. The number of hydrogen-bond donors (Lipinski definition) is 2. The Labute approximate surface area is 95.7 Å². The zero-order valence-corrected chi connectivity index (χ0v) is 9.04. The molecule has 88 valence electrons. The van der Waals surface area contributed by atoms with Gasteiger partial charge in [-0.05, 0) is 6.07 Å². The van der Waals surface area contributed by atoms with Gasteiger partial charge in [0.1, 0.15) is 12.2 Å². The Kier molecular flexibility index (Phi) is 2.73. The van der Waals surface area contributed by atoms with Gasteiger partial charge in [-0.3, -0.25) is 14.2 Å². The summed E-state index contributed by atoms with van der Waals surface area (Å²) in [6.07, 6.45) is 1.53. The predicted octanol–water partition coefficient (Wildman–Crippen LogP) is -0.0822. The van der Waals surface area contributed by atoms with Gasteiger partial charge in [-0.25, -0.2) is 4.98 Å². The van der Waals surface area contributed by atoms with E-state index in [1.165, 1.54) is 12.3 Å². The minimum atomic E-state index is -1.09. The highest BCUT2D eigenvalue weighted by Gasteiger charge is 2.08. The van der Waals surface area contributed by atoms with Gasteiger partial charge in [0, 0.05) is 24.7 Å². The summed E-state index contributed by atoms with van der Waals surface area (Å²) in [6, 6.07) is 2.86. The van der Waals surface area contributed by atoms with Gasteiger partial charge in [-0.2, -0.15) is 4.98 Å². The molecule has 0 radical (unpaired) electrons. The van der Waals surface area contributed by atoms with Crippen LogP contribution in [0.4, 0.5) is 5.95 Å². The van der Waals surface area contributed by atoms with Gasteiger partial charge in [0.25, 0.3) is 5.56 Å². The lowest BCUT2D eigenvalue weighted by Crippen LogP contribution is -2.24. The molecule has 2 heterocycles. The van der Waals surface area contributed by atoms with Crippen molar-refractivity contribution in [1.82, 2.24) is 14.5 Å². The van der Waals surface area contributed by atoms with Crippen molar-refractivity contribution in [3.8, 4) is 0 Å². The molecule has 0 fully saturated rings. The molecule has 0 bridgehead atoms. The summed E-state index contributed by atoms with van der Waals surface area (Å²) in [4.78, 5) is 30.4. The van der Waals surface area contributed by atoms with Crippen molar-refractivity contribution in [2.24, 2.45) is 0 Å². The topological polar surface area (TPSA) is 97.1 Å². The van der Waals surface area contributed by atoms with Crippen LogP contribution >= 0.6 is 0 Å². The van der Waals surface area contributed by atoms with Crippen molar-refractivity contribution in [1.29, 1.82) is 0 Å². The van der Waals surface area contributed by atoms with Crippen molar-refractivity contribution < 1.29 is 9.90 Å². The van der Waals surface area contributed by atoms with Gasteiger partial charge in [0.05, 0.1) is 0 Å². The van der Waals surface area contributed by atoms with E-state index in [1.807, 2.05) is 0 Å². The van der Waals surface area contributed by atoms with E-state index in [4.69, 9.17) is 5.11 Å². The summed E-state index contributed by atoms with van der Waals surface area (Å²) in [5.74, 6) is -0.758. The third kappa shape index (κ3) is 2.07. The maximum absolute atomic E-state index is 11.6. The second kappa shape index (κ2) is 4.20. The molecule has 0 aliphatic carbocycles. The zero-order valence-electron chi connectivity index (χ0n) is 9.04. The number of fused-ring (bicyclic) bond motifs is 1. The molecule has 2 aromatic rings. The number of carbonyl (C=O) groups is 1. The Bertz CT molecular complexity index is 635. The van der Waals surface area contributed by atoms with Crippen LogP contribution in [0.2, 0.25) is 0 Å². The zero-order chi connectivity index (χ0) is 12.4. The highest BCUT2D eigenvalue weighted by molar-refractivity contribution is 5.77.